The number of rotatable bonds is 8. The van der Waals surface area contributed by atoms with Gasteiger partial charge in [-0.2, -0.15) is 0 Å². The lowest BCUT2D eigenvalue weighted by atomic mass is 9.99. The van der Waals surface area contributed by atoms with Crippen LogP contribution in [0.1, 0.15) is 0 Å². The molecule has 0 fully saturated rings. The fraction of sp³-hybridized carbons (Fsp3) is 0. The van der Waals surface area contributed by atoms with Crippen LogP contribution in [0.3, 0.4) is 0 Å². The summed E-state index contributed by atoms with van der Waals surface area (Å²) in [5.41, 5.74) is 13.7. The fourth-order valence-electron chi connectivity index (χ4n) is 11.6. The monoisotopic (exact) mass is 908 g/mol. The first-order chi connectivity index (χ1) is 34.7. The average molecular weight is 909 g/mol. The van der Waals surface area contributed by atoms with Crippen molar-refractivity contribution in [2.24, 2.45) is 0 Å². The topological polar surface area (TPSA) is 23.0 Å². The number of hydrogen-bond donors (Lipinski definition) is 0. The summed E-state index contributed by atoms with van der Waals surface area (Å²) in [5, 5.41) is 12.4. The fourth-order valence-corrected chi connectivity index (χ4v) is 16.5. The quantitative estimate of drug-likeness (QED) is 0.110. The third-order valence-corrected chi connectivity index (χ3v) is 19.4. The number of furan rings is 1. The third-order valence-electron chi connectivity index (χ3n) is 14.7. The Hall–Kier alpha value is -8.96. The van der Waals surface area contributed by atoms with Gasteiger partial charge in [0.05, 0.1) is 22.1 Å². The van der Waals surface area contributed by atoms with Gasteiger partial charge >= 0.3 is 0 Å². The molecule has 0 aliphatic carbocycles. The summed E-state index contributed by atoms with van der Waals surface area (Å²) >= 11 is 0. The van der Waals surface area contributed by atoms with Crippen LogP contribution in [0.25, 0.3) is 99.2 Å². The van der Waals surface area contributed by atoms with Crippen LogP contribution in [-0.2, 0) is 0 Å². The number of hydrogen-bond acceptors (Lipinski definition) is 1. The van der Waals surface area contributed by atoms with Gasteiger partial charge in [-0.15, -0.1) is 0 Å². The van der Waals surface area contributed by atoms with Gasteiger partial charge in [0.15, 0.2) is 8.07 Å². The summed E-state index contributed by atoms with van der Waals surface area (Å²) < 4.78 is 11.7. The van der Waals surface area contributed by atoms with Gasteiger partial charge in [-0.05, 0) is 116 Å². The Labute approximate surface area is 406 Å². The predicted molar refractivity (Wildman–Crippen MR) is 297 cm³/mol. The maximum atomic E-state index is 6.93. The number of fused-ring (bicyclic) bond motifs is 9. The van der Waals surface area contributed by atoms with Gasteiger partial charge in [0, 0.05) is 43.7 Å². The summed E-state index contributed by atoms with van der Waals surface area (Å²) in [7, 11) is -3.03. The standard InChI is InChI=1S/C66H44N2OSi/c1-5-20-49(21-6-1)67-60-32-15-13-29-54(60)57-42-47(36-38-61(57)67)48-37-40-63-59(44-48)58-43-46(35-39-62(58)68(63)50-22-7-2-8-23-50)45-19-17-28-53(41-45)70(51-24-9-3-10-25-51,52-26-11-4-12-27-52)65-34-18-31-56-55-30-14-16-33-64(55)69-66(56)65/h1-44H. The highest BCUT2D eigenvalue weighted by atomic mass is 28.3. The van der Waals surface area contributed by atoms with E-state index in [1.165, 1.54) is 86.6 Å². The third kappa shape index (κ3) is 6.13. The molecule has 328 valence electrons. The Morgan fingerprint density at radius 1 is 0.271 bits per heavy atom. The van der Waals surface area contributed by atoms with Gasteiger partial charge in [-0.3, -0.25) is 0 Å². The first-order valence-corrected chi connectivity index (χ1v) is 26.1. The second-order valence-electron chi connectivity index (χ2n) is 18.4. The minimum Gasteiger partial charge on any atom is -0.456 e. The summed E-state index contributed by atoms with van der Waals surface area (Å²) in [4.78, 5) is 0. The molecule has 0 N–H and O–H groups in total. The van der Waals surface area contributed by atoms with Crippen LogP contribution in [-0.4, -0.2) is 17.2 Å². The summed E-state index contributed by atoms with van der Waals surface area (Å²) in [5.74, 6) is 0. The van der Waals surface area contributed by atoms with Gasteiger partial charge in [0.1, 0.15) is 11.2 Å². The predicted octanol–water partition coefficient (Wildman–Crippen LogP) is 14.5. The summed E-state index contributed by atoms with van der Waals surface area (Å²) in [6.07, 6.45) is 0. The zero-order valence-electron chi connectivity index (χ0n) is 38.2. The maximum absolute atomic E-state index is 6.93. The Morgan fingerprint density at radius 3 is 1.26 bits per heavy atom. The zero-order chi connectivity index (χ0) is 46.2. The second-order valence-corrected chi connectivity index (χ2v) is 22.2. The van der Waals surface area contributed by atoms with Crippen molar-refractivity contribution in [2.45, 2.75) is 0 Å². The molecule has 0 atom stereocenters. The first kappa shape index (κ1) is 40.1. The van der Waals surface area contributed by atoms with E-state index < -0.39 is 8.07 Å². The van der Waals surface area contributed by atoms with Gasteiger partial charge < -0.3 is 13.6 Å². The summed E-state index contributed by atoms with van der Waals surface area (Å²) in [6.45, 7) is 0. The highest BCUT2D eigenvalue weighted by Gasteiger charge is 2.43. The molecule has 0 aliphatic heterocycles. The smallest absolute Gasteiger partial charge is 0.184 e. The van der Waals surface area contributed by atoms with E-state index >= 15 is 0 Å². The van der Waals surface area contributed by atoms with E-state index in [-0.39, 0.29) is 0 Å². The second kappa shape index (κ2) is 16.1. The lowest BCUT2D eigenvalue weighted by Gasteiger charge is -2.34. The molecule has 0 bridgehead atoms. The van der Waals surface area contributed by atoms with E-state index in [9.17, 15) is 0 Å². The van der Waals surface area contributed by atoms with Crippen LogP contribution in [0.4, 0.5) is 0 Å². The molecule has 3 nitrogen and oxygen atoms in total. The molecule has 0 spiro atoms. The molecule has 70 heavy (non-hydrogen) atoms. The van der Waals surface area contributed by atoms with Crippen LogP contribution in [0.5, 0.6) is 0 Å². The molecular weight excluding hydrogens is 865 g/mol. The minimum atomic E-state index is -3.03. The molecule has 0 saturated heterocycles. The molecule has 3 aromatic heterocycles. The van der Waals surface area contributed by atoms with E-state index in [1.807, 2.05) is 0 Å². The van der Waals surface area contributed by atoms with E-state index in [0.29, 0.717) is 0 Å². The lowest BCUT2D eigenvalue weighted by Crippen LogP contribution is -2.74. The van der Waals surface area contributed by atoms with Gasteiger partial charge in [-0.1, -0.05) is 194 Å². The number of nitrogens with zero attached hydrogens (tertiary/aromatic N) is 2. The zero-order valence-corrected chi connectivity index (χ0v) is 39.2. The lowest BCUT2D eigenvalue weighted by molar-refractivity contribution is 0.671. The van der Waals surface area contributed by atoms with Crippen LogP contribution in [0.15, 0.2) is 271 Å². The average Bonchev–Trinajstić information content (AvgIpc) is 4.10. The Morgan fingerprint density at radius 2 is 0.686 bits per heavy atom. The molecule has 0 saturated carbocycles. The van der Waals surface area contributed by atoms with Gasteiger partial charge in [0.25, 0.3) is 0 Å². The van der Waals surface area contributed by atoms with Gasteiger partial charge in [0.2, 0.25) is 0 Å². The Kier molecular flexibility index (Phi) is 9.23. The van der Waals surface area contributed by atoms with Crippen molar-refractivity contribution in [1.82, 2.24) is 9.13 Å². The van der Waals surface area contributed by atoms with Crippen LogP contribution >= 0.6 is 0 Å². The largest absolute Gasteiger partial charge is 0.456 e. The van der Waals surface area contributed by atoms with E-state index in [4.69, 9.17) is 4.42 Å². The van der Waals surface area contributed by atoms with E-state index in [1.54, 1.807) is 0 Å². The van der Waals surface area contributed by atoms with Crippen LogP contribution < -0.4 is 20.7 Å². The van der Waals surface area contributed by atoms with Crippen molar-refractivity contribution in [3.63, 3.8) is 0 Å². The molecule has 4 heteroatoms. The van der Waals surface area contributed by atoms with Crippen LogP contribution in [0.2, 0.25) is 0 Å². The normalized spacial score (nSPS) is 12.0. The van der Waals surface area contributed by atoms with Crippen LogP contribution in [0, 0.1) is 0 Å². The molecule has 14 rings (SSSR count). The summed E-state index contributed by atoms with van der Waals surface area (Å²) in [6, 6.07) is 98.1. The van der Waals surface area contributed by atoms with Crippen molar-refractivity contribution < 1.29 is 4.42 Å². The maximum Gasteiger partial charge on any atom is 0.184 e. The van der Waals surface area contributed by atoms with Crippen molar-refractivity contribution in [2.75, 3.05) is 0 Å². The first-order valence-electron chi connectivity index (χ1n) is 24.1. The van der Waals surface area contributed by atoms with Gasteiger partial charge in [-0.25, -0.2) is 0 Å². The van der Waals surface area contributed by atoms with Crippen molar-refractivity contribution in [3.05, 3.63) is 267 Å². The molecule has 3 heterocycles. The number of para-hydroxylation sites is 5. The van der Waals surface area contributed by atoms with Crippen molar-refractivity contribution in [1.29, 1.82) is 0 Å². The highest BCUT2D eigenvalue weighted by Crippen LogP contribution is 2.40. The number of benzene rings is 11. The minimum absolute atomic E-state index is 0.907. The molecule has 0 amide bonds. The SMILES string of the molecule is c1ccc(-n2c3ccccc3c3cc(-c4ccc5c(c4)c4cc(-c6cccc([Si](c7ccccc7)(c7ccccc7)c7cccc8c7oc7ccccc78)c6)ccc4n5-c4ccccc4)ccc32)cc1. The van der Waals surface area contributed by atoms with Crippen molar-refractivity contribution in [3.8, 4) is 33.6 Å². The Balaban J connectivity index is 0.975. The van der Waals surface area contributed by atoms with E-state index in [2.05, 4.69) is 276 Å². The molecule has 0 unspecified atom stereocenters. The molecule has 0 aliphatic rings. The molecule has 14 aromatic rings. The molecular formula is C66H44N2OSi. The number of aromatic nitrogens is 2. The molecule has 11 aromatic carbocycles. The highest BCUT2D eigenvalue weighted by molar-refractivity contribution is 7.20. The molecule has 0 radical (unpaired) electrons. The van der Waals surface area contributed by atoms with Crippen molar-refractivity contribution >= 4 is 94.4 Å². The Bertz CT molecular complexity index is 4240. The van der Waals surface area contributed by atoms with E-state index in [0.717, 1.165) is 33.3 Å².